The van der Waals surface area contributed by atoms with Crippen LogP contribution in [-0.4, -0.2) is 35.3 Å². The first-order valence-corrected chi connectivity index (χ1v) is 8.36. The Labute approximate surface area is 138 Å². The van der Waals surface area contributed by atoms with E-state index in [2.05, 4.69) is 5.32 Å². The lowest BCUT2D eigenvalue weighted by Gasteiger charge is -2.23. The second-order valence-electron chi connectivity index (χ2n) is 6.56. The van der Waals surface area contributed by atoms with E-state index in [1.54, 1.807) is 18.2 Å². The van der Waals surface area contributed by atoms with Crippen LogP contribution in [-0.2, 0) is 16.1 Å². The topological polar surface area (TPSA) is 78.8 Å². The van der Waals surface area contributed by atoms with Crippen molar-refractivity contribution in [3.63, 3.8) is 0 Å². The van der Waals surface area contributed by atoms with E-state index in [0.717, 1.165) is 31.2 Å². The van der Waals surface area contributed by atoms with E-state index in [1.807, 2.05) is 19.9 Å². The van der Waals surface area contributed by atoms with Crippen LogP contribution in [0.15, 0.2) is 24.3 Å². The van der Waals surface area contributed by atoms with E-state index in [1.165, 1.54) is 0 Å². The molecule has 2 rings (SSSR count). The number of carbonyl (C=O) groups excluding carboxylic acids is 1. The molecule has 23 heavy (non-hydrogen) atoms. The van der Waals surface area contributed by atoms with Crippen LogP contribution in [0.1, 0.15) is 45.1 Å². The van der Waals surface area contributed by atoms with E-state index in [0.29, 0.717) is 12.0 Å². The maximum absolute atomic E-state index is 12.4. The van der Waals surface area contributed by atoms with Crippen molar-refractivity contribution in [2.24, 2.45) is 5.92 Å². The molecule has 0 aromatic heterocycles. The maximum atomic E-state index is 12.4. The molecule has 1 fully saturated rings. The fourth-order valence-corrected chi connectivity index (χ4v) is 2.93. The van der Waals surface area contributed by atoms with Gasteiger partial charge in [0.15, 0.2) is 0 Å². The summed E-state index contributed by atoms with van der Waals surface area (Å²) in [6.45, 7) is 4.45. The molecule has 1 saturated carbocycles. The van der Waals surface area contributed by atoms with Crippen LogP contribution in [0.25, 0.3) is 0 Å². The molecular weight excluding hydrogens is 293 g/mol. The molecule has 0 aliphatic heterocycles. The van der Waals surface area contributed by atoms with Crippen molar-refractivity contribution in [1.29, 1.82) is 0 Å². The number of rotatable bonds is 7. The predicted molar refractivity (Wildman–Crippen MR) is 90.1 cm³/mol. The summed E-state index contributed by atoms with van der Waals surface area (Å²) in [5.41, 5.74) is 1.34. The smallest absolute Gasteiger partial charge is 0.461 e. The minimum atomic E-state index is -1.48. The van der Waals surface area contributed by atoms with Crippen LogP contribution in [0.5, 0.6) is 0 Å². The molecule has 1 atom stereocenters. The molecular formula is C17H26BNO4. The highest BCUT2D eigenvalue weighted by atomic mass is 16.5. The average molecular weight is 319 g/mol. The van der Waals surface area contributed by atoms with Gasteiger partial charge in [-0.15, -0.1) is 0 Å². The zero-order chi connectivity index (χ0) is 16.8. The molecule has 0 spiro atoms. The summed E-state index contributed by atoms with van der Waals surface area (Å²) < 4.78 is 5.60. The highest BCUT2D eigenvalue weighted by Crippen LogP contribution is 2.22. The fourth-order valence-electron chi connectivity index (χ4n) is 2.93. The van der Waals surface area contributed by atoms with E-state index in [-0.39, 0.29) is 24.0 Å². The zero-order valence-corrected chi connectivity index (χ0v) is 13.9. The second kappa shape index (κ2) is 8.48. The highest BCUT2D eigenvalue weighted by molar-refractivity contribution is 6.58. The van der Waals surface area contributed by atoms with Crippen LogP contribution in [0, 0.1) is 5.92 Å². The van der Waals surface area contributed by atoms with Gasteiger partial charge < -0.3 is 20.1 Å². The van der Waals surface area contributed by atoms with Crippen LogP contribution in [0.3, 0.4) is 0 Å². The van der Waals surface area contributed by atoms with E-state index >= 15 is 0 Å². The number of hydrogen-bond donors (Lipinski definition) is 3. The fraction of sp³-hybridized carbons (Fsp3) is 0.588. The van der Waals surface area contributed by atoms with Gasteiger partial charge in [0.05, 0.1) is 0 Å². The first-order valence-electron chi connectivity index (χ1n) is 8.36. The van der Waals surface area contributed by atoms with Crippen molar-refractivity contribution in [2.45, 2.75) is 58.2 Å². The zero-order valence-electron chi connectivity index (χ0n) is 13.9. The van der Waals surface area contributed by atoms with Gasteiger partial charge in [0.1, 0.15) is 12.1 Å². The van der Waals surface area contributed by atoms with Crippen molar-refractivity contribution in [1.82, 2.24) is 5.32 Å². The Hall–Kier alpha value is -1.37. The SMILES string of the molecule is CC(C)[C@H](NCc1cccc(B(O)O)c1)C(=O)OC1CCCC1. The molecule has 5 nitrogen and oxygen atoms in total. The van der Waals surface area contributed by atoms with Crippen LogP contribution < -0.4 is 10.8 Å². The lowest BCUT2D eigenvalue weighted by molar-refractivity contribution is -0.152. The minimum absolute atomic E-state index is 0.0680. The van der Waals surface area contributed by atoms with Crippen molar-refractivity contribution < 1.29 is 19.6 Å². The quantitative estimate of drug-likeness (QED) is 0.515. The van der Waals surface area contributed by atoms with Gasteiger partial charge >= 0.3 is 13.1 Å². The summed E-state index contributed by atoms with van der Waals surface area (Å²) in [6, 6.07) is 6.67. The number of ether oxygens (including phenoxy) is 1. The van der Waals surface area contributed by atoms with E-state index < -0.39 is 7.12 Å². The van der Waals surface area contributed by atoms with E-state index in [9.17, 15) is 14.8 Å². The van der Waals surface area contributed by atoms with Crippen molar-refractivity contribution in [2.75, 3.05) is 0 Å². The standard InChI is InChI=1S/C17H26BNO4/c1-12(2)16(17(20)23-15-8-3-4-9-15)19-11-13-6-5-7-14(10-13)18(21)22/h5-7,10,12,15-16,19,21-22H,3-4,8-9,11H2,1-2H3/t16-/m0/s1. The molecule has 0 saturated heterocycles. The minimum Gasteiger partial charge on any atom is -0.461 e. The van der Waals surface area contributed by atoms with Gasteiger partial charge in [-0.2, -0.15) is 0 Å². The van der Waals surface area contributed by atoms with Gasteiger partial charge in [0.2, 0.25) is 0 Å². The molecule has 0 radical (unpaired) electrons. The Morgan fingerprint density at radius 1 is 1.35 bits per heavy atom. The number of carbonyl (C=O) groups is 1. The third-order valence-corrected chi connectivity index (χ3v) is 4.28. The molecule has 1 aliphatic rings. The van der Waals surface area contributed by atoms with Gasteiger partial charge in [-0.25, -0.2) is 0 Å². The first-order chi connectivity index (χ1) is 11.0. The Bertz CT molecular complexity index is 515. The van der Waals surface area contributed by atoms with Gasteiger partial charge in [0, 0.05) is 6.54 Å². The Morgan fingerprint density at radius 2 is 2.04 bits per heavy atom. The number of benzene rings is 1. The van der Waals surface area contributed by atoms with Gasteiger partial charge in [-0.3, -0.25) is 4.79 Å². The van der Waals surface area contributed by atoms with Gasteiger partial charge in [-0.05, 0) is 42.6 Å². The number of esters is 1. The molecule has 6 heteroatoms. The molecule has 1 aliphatic carbocycles. The maximum Gasteiger partial charge on any atom is 0.488 e. The van der Waals surface area contributed by atoms with Crippen molar-refractivity contribution in [3.05, 3.63) is 29.8 Å². The summed E-state index contributed by atoms with van der Waals surface area (Å²) in [5, 5.41) is 21.7. The summed E-state index contributed by atoms with van der Waals surface area (Å²) in [6.07, 6.45) is 4.26. The lowest BCUT2D eigenvalue weighted by Crippen LogP contribution is -2.43. The summed E-state index contributed by atoms with van der Waals surface area (Å²) >= 11 is 0. The first kappa shape index (κ1) is 18.0. The third kappa shape index (κ3) is 5.34. The number of nitrogens with one attached hydrogen (secondary N) is 1. The molecule has 0 unspecified atom stereocenters. The molecule has 1 aromatic carbocycles. The third-order valence-electron chi connectivity index (χ3n) is 4.28. The normalized spacial score (nSPS) is 16.6. The van der Waals surface area contributed by atoms with Crippen molar-refractivity contribution in [3.8, 4) is 0 Å². The Morgan fingerprint density at radius 3 is 2.65 bits per heavy atom. The molecule has 126 valence electrons. The summed E-state index contributed by atoms with van der Waals surface area (Å²) in [5.74, 6) is -0.0687. The highest BCUT2D eigenvalue weighted by Gasteiger charge is 2.27. The molecule has 0 bridgehead atoms. The summed E-state index contributed by atoms with van der Waals surface area (Å²) in [4.78, 5) is 12.4. The average Bonchev–Trinajstić information content (AvgIpc) is 3.00. The Kier molecular flexibility index (Phi) is 6.63. The summed E-state index contributed by atoms with van der Waals surface area (Å²) in [7, 11) is -1.48. The second-order valence-corrected chi connectivity index (χ2v) is 6.56. The van der Waals surface area contributed by atoms with E-state index in [4.69, 9.17) is 4.74 Å². The molecule has 0 amide bonds. The van der Waals surface area contributed by atoms with Gasteiger partial charge in [0.25, 0.3) is 0 Å². The van der Waals surface area contributed by atoms with Gasteiger partial charge in [-0.1, -0.05) is 38.1 Å². The molecule has 1 aromatic rings. The molecule has 3 N–H and O–H groups in total. The van der Waals surface area contributed by atoms with Crippen LogP contribution in [0.2, 0.25) is 0 Å². The van der Waals surface area contributed by atoms with Crippen molar-refractivity contribution >= 4 is 18.6 Å². The largest absolute Gasteiger partial charge is 0.488 e. The lowest BCUT2D eigenvalue weighted by atomic mass is 9.79. The predicted octanol–water partition coefficient (Wildman–Crippen LogP) is 0.966. The number of hydrogen-bond acceptors (Lipinski definition) is 5. The molecule has 0 heterocycles. The van der Waals surface area contributed by atoms with Crippen LogP contribution >= 0.6 is 0 Å². The monoisotopic (exact) mass is 319 g/mol. The van der Waals surface area contributed by atoms with Crippen LogP contribution in [0.4, 0.5) is 0 Å². The Balaban J connectivity index is 1.93.